The second-order valence-electron chi connectivity index (χ2n) is 1.79. The highest BCUT2D eigenvalue weighted by molar-refractivity contribution is 5.86. The van der Waals surface area contributed by atoms with Crippen molar-refractivity contribution < 1.29 is 4.79 Å². The number of nitrogens with zero attached hydrogens (tertiary/aromatic N) is 2. The van der Waals surface area contributed by atoms with E-state index in [0.29, 0.717) is 6.54 Å². The summed E-state index contributed by atoms with van der Waals surface area (Å²) >= 11 is 0. The summed E-state index contributed by atoms with van der Waals surface area (Å²) in [6.07, 6.45) is 0.995. The summed E-state index contributed by atoms with van der Waals surface area (Å²) in [4.78, 5) is 15.3. The van der Waals surface area contributed by atoms with Crippen molar-refractivity contribution in [1.29, 1.82) is 0 Å². The molecule has 0 spiro atoms. The van der Waals surface area contributed by atoms with Gasteiger partial charge < -0.3 is 11.5 Å². The third-order valence-electron chi connectivity index (χ3n) is 1.11. The summed E-state index contributed by atoms with van der Waals surface area (Å²) < 4.78 is 0. The number of rotatable bonds is 0. The van der Waals surface area contributed by atoms with Crippen LogP contribution in [0, 0.1) is 0 Å². The molecule has 50 valence electrons. The Hall–Kier alpha value is -1.10. The number of carbonyl (C=O) groups excluding carboxylic acids is 1. The van der Waals surface area contributed by atoms with Gasteiger partial charge in [-0.1, -0.05) is 0 Å². The number of carbonyl (C=O) groups is 1. The first kappa shape index (κ1) is 6.03. The van der Waals surface area contributed by atoms with E-state index in [9.17, 15) is 4.79 Å². The van der Waals surface area contributed by atoms with Gasteiger partial charge in [0, 0.05) is 0 Å². The van der Waals surface area contributed by atoms with Crippen LogP contribution in [0.2, 0.25) is 0 Å². The van der Waals surface area contributed by atoms with Crippen LogP contribution in [0.4, 0.5) is 4.79 Å². The van der Waals surface area contributed by atoms with Crippen LogP contribution < -0.4 is 11.5 Å². The molecule has 0 aromatic rings. The van der Waals surface area contributed by atoms with E-state index in [4.69, 9.17) is 11.5 Å². The van der Waals surface area contributed by atoms with E-state index < -0.39 is 6.03 Å². The van der Waals surface area contributed by atoms with Crippen molar-refractivity contribution >= 4 is 12.4 Å². The van der Waals surface area contributed by atoms with Crippen molar-refractivity contribution in [3.8, 4) is 0 Å². The highest BCUT2D eigenvalue weighted by atomic mass is 16.2. The maximum absolute atomic E-state index is 10.4. The average molecular weight is 128 g/mol. The van der Waals surface area contributed by atoms with Crippen LogP contribution in [-0.2, 0) is 0 Å². The summed E-state index contributed by atoms with van der Waals surface area (Å²) in [5, 5.41) is 0. The zero-order chi connectivity index (χ0) is 6.85. The van der Waals surface area contributed by atoms with Crippen molar-refractivity contribution in [3.05, 3.63) is 0 Å². The van der Waals surface area contributed by atoms with Crippen LogP contribution in [-0.4, -0.2) is 30.0 Å². The van der Waals surface area contributed by atoms with Gasteiger partial charge in [-0.25, -0.2) is 4.79 Å². The molecule has 0 saturated carbocycles. The Labute approximate surface area is 52.3 Å². The van der Waals surface area contributed by atoms with Gasteiger partial charge in [-0.2, -0.15) is 0 Å². The molecule has 0 aliphatic carbocycles. The fraction of sp³-hybridized carbons (Fsp3) is 0.500. The van der Waals surface area contributed by atoms with Gasteiger partial charge in [0.1, 0.15) is 6.17 Å². The van der Waals surface area contributed by atoms with Crippen LogP contribution >= 0.6 is 0 Å². The maximum Gasteiger partial charge on any atom is 0.321 e. The lowest BCUT2D eigenvalue weighted by Gasteiger charge is -2.13. The van der Waals surface area contributed by atoms with Crippen LogP contribution in [0.3, 0.4) is 0 Å². The lowest BCUT2D eigenvalue weighted by Crippen LogP contribution is -2.45. The Kier molecular flexibility index (Phi) is 1.35. The lowest BCUT2D eigenvalue weighted by atomic mass is 10.5. The second-order valence-corrected chi connectivity index (χ2v) is 1.79. The van der Waals surface area contributed by atoms with Crippen molar-refractivity contribution in [3.63, 3.8) is 0 Å². The largest absolute Gasteiger partial charge is 0.351 e. The molecule has 2 amide bonds. The Morgan fingerprint density at radius 2 is 2.56 bits per heavy atom. The van der Waals surface area contributed by atoms with E-state index >= 15 is 0 Å². The number of amides is 2. The smallest absolute Gasteiger partial charge is 0.321 e. The lowest BCUT2D eigenvalue weighted by molar-refractivity contribution is 0.224. The fourth-order valence-corrected chi connectivity index (χ4v) is 0.637. The molecule has 1 unspecified atom stereocenters. The highest BCUT2D eigenvalue weighted by Gasteiger charge is 2.19. The number of aliphatic imine (C=N–C) groups is 1. The van der Waals surface area contributed by atoms with Crippen molar-refractivity contribution in [2.24, 2.45) is 16.5 Å². The van der Waals surface area contributed by atoms with Crippen LogP contribution in [0.25, 0.3) is 0 Å². The van der Waals surface area contributed by atoms with Gasteiger partial charge in [-0.05, 0) is 0 Å². The second kappa shape index (κ2) is 2.02. The zero-order valence-corrected chi connectivity index (χ0v) is 4.82. The molecule has 0 bridgehead atoms. The number of hydrogen-bond acceptors (Lipinski definition) is 3. The Balaban J connectivity index is 2.59. The standard InChI is InChI=1S/C4H8N4O/c5-3-1-7-2-8(3)4(6)9/h2-3H,1,5H2,(H2,6,9). The molecule has 0 saturated heterocycles. The Bertz CT molecular complexity index is 155. The average Bonchev–Trinajstić information content (AvgIpc) is 2.13. The number of hydrogen-bond donors (Lipinski definition) is 2. The predicted molar refractivity (Wildman–Crippen MR) is 32.8 cm³/mol. The quantitative estimate of drug-likeness (QED) is 0.424. The first-order valence-electron chi connectivity index (χ1n) is 2.55. The van der Waals surface area contributed by atoms with Gasteiger partial charge in [0.15, 0.2) is 0 Å². The van der Waals surface area contributed by atoms with E-state index in [1.54, 1.807) is 0 Å². The summed E-state index contributed by atoms with van der Waals surface area (Å²) in [5.74, 6) is 0. The highest BCUT2D eigenvalue weighted by Crippen LogP contribution is 1.96. The van der Waals surface area contributed by atoms with E-state index in [2.05, 4.69) is 4.99 Å². The van der Waals surface area contributed by atoms with E-state index in [-0.39, 0.29) is 6.17 Å². The van der Waals surface area contributed by atoms with Gasteiger partial charge in [0.05, 0.1) is 12.9 Å². The van der Waals surface area contributed by atoms with E-state index in [1.165, 1.54) is 11.2 Å². The monoisotopic (exact) mass is 128 g/mol. The first-order chi connectivity index (χ1) is 4.22. The van der Waals surface area contributed by atoms with Gasteiger partial charge in [-0.3, -0.25) is 9.89 Å². The minimum Gasteiger partial charge on any atom is -0.351 e. The molecule has 1 rings (SSSR count). The molecule has 1 aliphatic rings. The number of primary amides is 1. The van der Waals surface area contributed by atoms with E-state index in [0.717, 1.165) is 0 Å². The van der Waals surface area contributed by atoms with E-state index in [1.807, 2.05) is 0 Å². The van der Waals surface area contributed by atoms with Gasteiger partial charge in [-0.15, -0.1) is 0 Å². The van der Waals surface area contributed by atoms with Crippen LogP contribution in [0.5, 0.6) is 0 Å². The molecule has 0 aromatic heterocycles. The molecule has 1 heterocycles. The van der Waals surface area contributed by atoms with Crippen molar-refractivity contribution in [1.82, 2.24) is 4.90 Å². The number of nitrogens with two attached hydrogens (primary N) is 2. The van der Waals surface area contributed by atoms with Crippen molar-refractivity contribution in [2.45, 2.75) is 6.17 Å². The van der Waals surface area contributed by atoms with Gasteiger partial charge in [0.2, 0.25) is 0 Å². The molecule has 0 radical (unpaired) electrons. The predicted octanol–water partition coefficient (Wildman–Crippen LogP) is -1.31. The minimum atomic E-state index is -0.552. The normalized spacial score (nSPS) is 25.0. The summed E-state index contributed by atoms with van der Waals surface area (Å²) in [7, 11) is 0. The molecule has 4 N–H and O–H groups in total. The maximum atomic E-state index is 10.4. The first-order valence-corrected chi connectivity index (χ1v) is 2.55. The Morgan fingerprint density at radius 1 is 1.89 bits per heavy atom. The fourth-order valence-electron chi connectivity index (χ4n) is 0.637. The minimum absolute atomic E-state index is 0.359. The molecule has 0 aromatic carbocycles. The molecule has 5 nitrogen and oxygen atoms in total. The SMILES string of the molecule is NC(=O)N1C=NCC1N. The molecular weight excluding hydrogens is 120 g/mol. The number of urea groups is 1. The summed E-state index contributed by atoms with van der Waals surface area (Å²) in [6, 6.07) is -0.552. The summed E-state index contributed by atoms with van der Waals surface area (Å²) in [6.45, 7) is 0.447. The molecule has 1 atom stereocenters. The summed E-state index contributed by atoms with van der Waals surface area (Å²) in [5.41, 5.74) is 10.3. The van der Waals surface area contributed by atoms with Gasteiger partial charge in [0.25, 0.3) is 0 Å². The molecule has 5 heteroatoms. The Morgan fingerprint density at radius 3 is 2.78 bits per heavy atom. The molecule has 1 aliphatic heterocycles. The van der Waals surface area contributed by atoms with Crippen molar-refractivity contribution in [2.75, 3.05) is 6.54 Å². The molecule has 9 heavy (non-hydrogen) atoms. The van der Waals surface area contributed by atoms with Gasteiger partial charge >= 0.3 is 6.03 Å². The van der Waals surface area contributed by atoms with Crippen LogP contribution in [0.1, 0.15) is 0 Å². The third kappa shape index (κ3) is 0.996. The molecular formula is C4H8N4O. The third-order valence-corrected chi connectivity index (χ3v) is 1.11. The van der Waals surface area contributed by atoms with Crippen LogP contribution in [0.15, 0.2) is 4.99 Å². The molecule has 0 fully saturated rings. The topological polar surface area (TPSA) is 84.7 Å². The zero-order valence-electron chi connectivity index (χ0n) is 4.82.